The molecule has 25 heavy (non-hydrogen) atoms. The van der Waals surface area contributed by atoms with Crippen molar-refractivity contribution in [3.8, 4) is 12.3 Å². The van der Waals surface area contributed by atoms with Gasteiger partial charge in [0.25, 0.3) is 0 Å². The molecular formula is C16H23ClFNO5S. The average molecular weight is 396 g/mol. The van der Waals surface area contributed by atoms with Gasteiger partial charge in [0.15, 0.2) is 0 Å². The number of carboxylic acid groups (broad SMARTS) is 1. The third kappa shape index (κ3) is 5.07. The highest BCUT2D eigenvalue weighted by Crippen LogP contribution is 2.32. The number of halogens is 2. The van der Waals surface area contributed by atoms with Crippen molar-refractivity contribution in [1.82, 2.24) is 4.72 Å². The first-order chi connectivity index (χ1) is 11.8. The summed E-state index contributed by atoms with van der Waals surface area (Å²) in [5.41, 5.74) is 0. The maximum absolute atomic E-state index is 14.3. The lowest BCUT2D eigenvalue weighted by molar-refractivity contribution is -0.142. The molecular weight excluding hydrogens is 373 g/mol. The van der Waals surface area contributed by atoms with Gasteiger partial charge in [-0.2, -0.15) is 0 Å². The van der Waals surface area contributed by atoms with E-state index in [9.17, 15) is 22.7 Å². The van der Waals surface area contributed by atoms with Gasteiger partial charge in [0.05, 0.1) is 28.7 Å². The number of hydrogen-bond donors (Lipinski definition) is 2. The number of carbonyl (C=O) groups is 1. The van der Waals surface area contributed by atoms with E-state index in [0.717, 1.165) is 0 Å². The second-order valence-electron chi connectivity index (χ2n) is 6.59. The summed E-state index contributed by atoms with van der Waals surface area (Å²) in [5.74, 6) is 0.198. The Morgan fingerprint density at radius 2 is 2.04 bits per heavy atom. The van der Waals surface area contributed by atoms with Gasteiger partial charge in [0, 0.05) is 0 Å². The summed E-state index contributed by atoms with van der Waals surface area (Å²) in [7, 11) is -3.98. The highest BCUT2D eigenvalue weighted by atomic mass is 35.5. The smallest absolute Gasteiger partial charge is 0.307 e. The first-order valence-electron chi connectivity index (χ1n) is 8.33. The van der Waals surface area contributed by atoms with Crippen LogP contribution in [0, 0.1) is 18.3 Å². The van der Waals surface area contributed by atoms with Gasteiger partial charge in [-0.1, -0.05) is 18.8 Å². The molecule has 0 saturated heterocycles. The van der Waals surface area contributed by atoms with Gasteiger partial charge in [-0.15, -0.1) is 18.0 Å². The molecule has 2 N–H and O–H groups in total. The Hall–Kier alpha value is -0.880. The number of carboxylic acids is 1. The summed E-state index contributed by atoms with van der Waals surface area (Å²) in [6.45, 7) is 0.00796. The number of rotatable bonds is 6. The minimum Gasteiger partial charge on any atom is -0.481 e. The zero-order valence-electron chi connectivity index (χ0n) is 13.7. The van der Waals surface area contributed by atoms with Crippen molar-refractivity contribution < 1.29 is 27.4 Å². The number of ether oxygens (including phenoxy) is 1. The lowest BCUT2D eigenvalue weighted by atomic mass is 9.89. The van der Waals surface area contributed by atoms with E-state index in [1.165, 1.54) is 0 Å². The number of nitrogens with one attached hydrogen (secondary N) is 1. The molecule has 0 bridgehead atoms. The van der Waals surface area contributed by atoms with Crippen molar-refractivity contribution in [3.05, 3.63) is 0 Å². The van der Waals surface area contributed by atoms with Crippen LogP contribution >= 0.6 is 11.6 Å². The van der Waals surface area contributed by atoms with E-state index < -0.39 is 50.9 Å². The molecule has 6 unspecified atom stereocenters. The molecule has 0 aliphatic heterocycles. The lowest BCUT2D eigenvalue weighted by Gasteiger charge is -2.37. The average Bonchev–Trinajstić information content (AvgIpc) is 2.56. The van der Waals surface area contributed by atoms with Gasteiger partial charge < -0.3 is 9.84 Å². The fraction of sp³-hybridized carbons (Fsp3) is 0.812. The highest BCUT2D eigenvalue weighted by molar-refractivity contribution is 7.90. The molecule has 2 aliphatic rings. The van der Waals surface area contributed by atoms with E-state index in [-0.39, 0.29) is 25.9 Å². The first kappa shape index (κ1) is 20.4. The SMILES string of the molecule is C#CCOC1CC(NS(=O)(=O)C2CCCCC2C(=O)O)C(F)CC1Cl. The summed E-state index contributed by atoms with van der Waals surface area (Å²) < 4.78 is 47.4. The van der Waals surface area contributed by atoms with Crippen LogP contribution in [-0.2, 0) is 19.6 Å². The van der Waals surface area contributed by atoms with E-state index >= 15 is 0 Å². The van der Waals surface area contributed by atoms with Crippen LogP contribution in [0.2, 0.25) is 0 Å². The molecule has 0 amide bonds. The predicted octanol–water partition coefficient (Wildman–Crippen LogP) is 1.68. The summed E-state index contributed by atoms with van der Waals surface area (Å²) in [6, 6.07) is -1.00. The second kappa shape index (κ2) is 8.67. The Balaban J connectivity index is 2.09. The molecule has 2 saturated carbocycles. The third-order valence-electron chi connectivity index (χ3n) is 4.89. The third-order valence-corrected chi connectivity index (χ3v) is 7.34. The molecule has 2 aliphatic carbocycles. The summed E-state index contributed by atoms with van der Waals surface area (Å²) in [5, 5.41) is 7.64. The van der Waals surface area contributed by atoms with Crippen LogP contribution in [0.4, 0.5) is 4.39 Å². The molecule has 2 fully saturated rings. The molecule has 9 heteroatoms. The van der Waals surface area contributed by atoms with Gasteiger partial charge >= 0.3 is 5.97 Å². The molecule has 2 rings (SSSR count). The molecule has 142 valence electrons. The van der Waals surface area contributed by atoms with Crippen molar-refractivity contribution in [2.75, 3.05) is 6.61 Å². The summed E-state index contributed by atoms with van der Waals surface area (Å²) in [4.78, 5) is 11.4. The normalized spacial score (nSPS) is 36.5. The topological polar surface area (TPSA) is 92.7 Å². The first-order valence-corrected chi connectivity index (χ1v) is 10.3. The Morgan fingerprint density at radius 1 is 1.36 bits per heavy atom. The molecule has 6 atom stereocenters. The summed E-state index contributed by atoms with van der Waals surface area (Å²) in [6.07, 6.45) is 4.99. The lowest BCUT2D eigenvalue weighted by Crippen LogP contribution is -2.54. The van der Waals surface area contributed by atoms with Crippen LogP contribution in [0.25, 0.3) is 0 Å². The summed E-state index contributed by atoms with van der Waals surface area (Å²) >= 11 is 6.07. The van der Waals surface area contributed by atoms with Gasteiger partial charge in [-0.05, 0) is 25.7 Å². The van der Waals surface area contributed by atoms with Crippen LogP contribution < -0.4 is 4.72 Å². The van der Waals surface area contributed by atoms with Crippen LogP contribution in [0.15, 0.2) is 0 Å². The van der Waals surface area contributed by atoms with E-state index in [1.54, 1.807) is 0 Å². The van der Waals surface area contributed by atoms with Crippen molar-refractivity contribution in [1.29, 1.82) is 0 Å². The van der Waals surface area contributed by atoms with Crippen LogP contribution in [0.1, 0.15) is 38.5 Å². The molecule has 0 aromatic carbocycles. The van der Waals surface area contributed by atoms with E-state index in [1.807, 2.05) is 0 Å². The van der Waals surface area contributed by atoms with E-state index in [2.05, 4.69) is 10.6 Å². The van der Waals surface area contributed by atoms with Crippen LogP contribution in [0.5, 0.6) is 0 Å². The monoisotopic (exact) mass is 395 g/mol. The Labute approximate surface area is 152 Å². The Kier molecular flexibility index (Phi) is 7.09. The minimum absolute atomic E-state index is 0.00796. The molecule has 6 nitrogen and oxygen atoms in total. The zero-order chi connectivity index (χ0) is 18.6. The van der Waals surface area contributed by atoms with Gasteiger partial charge in [-0.3, -0.25) is 4.79 Å². The zero-order valence-corrected chi connectivity index (χ0v) is 15.3. The van der Waals surface area contributed by atoms with Gasteiger partial charge in [0.2, 0.25) is 10.0 Å². The van der Waals surface area contributed by atoms with Crippen LogP contribution in [-0.4, -0.2) is 55.0 Å². The molecule has 0 aromatic rings. The van der Waals surface area contributed by atoms with Crippen molar-refractivity contribution >= 4 is 27.6 Å². The molecule has 0 aromatic heterocycles. The number of aliphatic carboxylic acids is 1. The number of hydrogen-bond acceptors (Lipinski definition) is 4. The van der Waals surface area contributed by atoms with Crippen molar-refractivity contribution in [2.24, 2.45) is 5.92 Å². The minimum atomic E-state index is -3.98. The fourth-order valence-electron chi connectivity index (χ4n) is 3.58. The standard InChI is InChI=1S/C16H23ClFNO5S/c1-2-7-24-14-9-13(12(18)8-11(14)17)19-25(22,23)15-6-4-3-5-10(15)16(20)21/h1,10-15,19H,3-9H2,(H,20,21). The van der Waals surface area contributed by atoms with E-state index in [4.69, 9.17) is 22.8 Å². The second-order valence-corrected chi connectivity index (χ2v) is 9.09. The van der Waals surface area contributed by atoms with E-state index in [0.29, 0.717) is 19.3 Å². The fourth-order valence-corrected chi connectivity index (χ4v) is 5.92. The van der Waals surface area contributed by atoms with Crippen molar-refractivity contribution in [2.45, 2.75) is 67.5 Å². The van der Waals surface area contributed by atoms with Gasteiger partial charge in [0.1, 0.15) is 12.8 Å². The molecule has 0 spiro atoms. The number of terminal acetylenes is 1. The Bertz CT molecular complexity index is 623. The highest BCUT2D eigenvalue weighted by Gasteiger charge is 2.44. The maximum Gasteiger partial charge on any atom is 0.307 e. The van der Waals surface area contributed by atoms with Gasteiger partial charge in [-0.25, -0.2) is 17.5 Å². The molecule has 0 radical (unpaired) electrons. The molecule has 0 heterocycles. The van der Waals surface area contributed by atoms with Crippen molar-refractivity contribution in [3.63, 3.8) is 0 Å². The quantitative estimate of drug-likeness (QED) is 0.527. The Morgan fingerprint density at radius 3 is 2.68 bits per heavy atom. The number of alkyl halides is 2. The largest absolute Gasteiger partial charge is 0.481 e. The predicted molar refractivity (Wildman–Crippen MR) is 91.6 cm³/mol. The number of sulfonamides is 1. The maximum atomic E-state index is 14.3. The van der Waals surface area contributed by atoms with Crippen LogP contribution in [0.3, 0.4) is 0 Å².